The van der Waals surface area contributed by atoms with Gasteiger partial charge in [0.2, 0.25) is 5.91 Å². The molecule has 2 aromatic heterocycles. The minimum Gasteiger partial charge on any atom is -0.358 e. The third-order valence-corrected chi connectivity index (χ3v) is 4.61. The molecule has 24 heavy (non-hydrogen) atoms. The minimum absolute atomic E-state index is 0.0322. The van der Waals surface area contributed by atoms with E-state index in [2.05, 4.69) is 36.3 Å². The first-order valence-corrected chi connectivity index (χ1v) is 8.38. The number of nitrogens with one attached hydrogen (secondary N) is 1. The van der Waals surface area contributed by atoms with E-state index in [9.17, 15) is 4.79 Å². The Morgan fingerprint density at radius 3 is 3.00 bits per heavy atom. The Balaban J connectivity index is 1.60. The van der Waals surface area contributed by atoms with Crippen LogP contribution in [0.2, 0.25) is 0 Å². The fourth-order valence-corrected chi connectivity index (χ4v) is 3.29. The smallest absolute Gasteiger partial charge is 0.249 e. The highest BCUT2D eigenvalue weighted by Crippen LogP contribution is 2.27. The number of amides is 1. The second kappa shape index (κ2) is 5.86. The van der Waals surface area contributed by atoms with Crippen molar-refractivity contribution in [3.8, 4) is 0 Å². The summed E-state index contributed by atoms with van der Waals surface area (Å²) in [6, 6.07) is 5.51. The third-order valence-electron chi connectivity index (χ3n) is 4.12. The molecule has 122 valence electrons. The second-order valence-corrected chi connectivity index (χ2v) is 6.65. The van der Waals surface area contributed by atoms with Gasteiger partial charge in [-0.05, 0) is 24.6 Å². The van der Waals surface area contributed by atoms with Gasteiger partial charge in [0.15, 0.2) is 0 Å². The number of benzene rings is 1. The van der Waals surface area contributed by atoms with Crippen molar-refractivity contribution in [1.82, 2.24) is 19.7 Å². The van der Waals surface area contributed by atoms with Gasteiger partial charge in [0.1, 0.15) is 18.2 Å². The topological polar surface area (TPSA) is 75.9 Å². The molecule has 7 nitrogen and oxygen atoms in total. The highest BCUT2D eigenvalue weighted by molar-refractivity contribution is 9.10. The van der Waals surface area contributed by atoms with E-state index in [1.165, 1.54) is 6.33 Å². The zero-order chi connectivity index (χ0) is 16.7. The number of halogens is 1. The van der Waals surface area contributed by atoms with Crippen LogP contribution < -0.4 is 10.2 Å². The first kappa shape index (κ1) is 15.1. The van der Waals surface area contributed by atoms with Crippen molar-refractivity contribution >= 4 is 44.2 Å². The molecule has 1 fully saturated rings. The molecule has 1 aliphatic heterocycles. The third kappa shape index (κ3) is 2.62. The van der Waals surface area contributed by atoms with E-state index in [4.69, 9.17) is 0 Å². The van der Waals surface area contributed by atoms with Gasteiger partial charge in [-0.1, -0.05) is 15.9 Å². The van der Waals surface area contributed by atoms with E-state index in [1.807, 2.05) is 31.4 Å². The molecule has 0 aliphatic carbocycles. The maximum absolute atomic E-state index is 12.7. The number of nitrogens with zero attached hydrogens (tertiary/aromatic N) is 5. The van der Waals surface area contributed by atoms with Gasteiger partial charge in [0.25, 0.3) is 0 Å². The Kier molecular flexibility index (Phi) is 3.68. The molecule has 1 N–H and O–H groups in total. The Morgan fingerprint density at radius 2 is 2.21 bits per heavy atom. The van der Waals surface area contributed by atoms with E-state index in [1.54, 1.807) is 15.8 Å². The molecule has 3 aromatic rings. The molecule has 1 amide bonds. The molecule has 4 rings (SSSR count). The highest BCUT2D eigenvalue weighted by atomic mass is 79.9. The van der Waals surface area contributed by atoms with Crippen LogP contribution >= 0.6 is 15.9 Å². The normalized spacial score (nSPS) is 17.7. The molecule has 1 atom stereocenters. The average Bonchev–Trinajstić information content (AvgIpc) is 3.14. The Labute approximate surface area is 146 Å². The van der Waals surface area contributed by atoms with Gasteiger partial charge in [-0.2, -0.15) is 5.10 Å². The summed E-state index contributed by atoms with van der Waals surface area (Å²) >= 11 is 3.47. The van der Waals surface area contributed by atoms with Crippen molar-refractivity contribution in [2.45, 2.75) is 12.5 Å². The van der Waals surface area contributed by atoms with Crippen LogP contribution in [-0.4, -0.2) is 38.2 Å². The van der Waals surface area contributed by atoms with Crippen LogP contribution in [0, 0.1) is 0 Å². The van der Waals surface area contributed by atoms with Gasteiger partial charge < -0.3 is 10.2 Å². The van der Waals surface area contributed by atoms with Crippen LogP contribution in [0.3, 0.4) is 0 Å². The fourth-order valence-electron chi connectivity index (χ4n) is 2.93. The van der Waals surface area contributed by atoms with Crippen LogP contribution in [0.5, 0.6) is 0 Å². The fraction of sp³-hybridized carbons (Fsp3) is 0.250. The number of carbonyl (C=O) groups excluding carboxylic acids is 1. The van der Waals surface area contributed by atoms with Crippen LogP contribution in [0.15, 0.2) is 41.4 Å². The molecule has 1 aromatic carbocycles. The molecule has 8 heteroatoms. The Hall–Kier alpha value is -2.48. The van der Waals surface area contributed by atoms with Crippen LogP contribution in [0.25, 0.3) is 10.9 Å². The molecule has 3 heterocycles. The number of anilines is 2. The quantitative estimate of drug-likeness (QED) is 0.747. The number of aryl methyl sites for hydroxylation is 1. The van der Waals surface area contributed by atoms with Gasteiger partial charge in [-0.3, -0.25) is 9.48 Å². The van der Waals surface area contributed by atoms with Crippen LogP contribution in [0.1, 0.15) is 6.42 Å². The summed E-state index contributed by atoms with van der Waals surface area (Å²) in [5, 5.41) is 8.30. The number of fused-ring (bicyclic) bond motifs is 1. The number of hydrogen-bond acceptors (Lipinski definition) is 5. The predicted octanol–water partition coefficient (Wildman–Crippen LogP) is 2.34. The zero-order valence-electron chi connectivity index (χ0n) is 13.0. The summed E-state index contributed by atoms with van der Waals surface area (Å²) in [6.45, 7) is 0.662. The molecule has 0 radical (unpaired) electrons. The maximum atomic E-state index is 12.7. The second-order valence-electron chi connectivity index (χ2n) is 5.73. The van der Waals surface area contributed by atoms with E-state index in [-0.39, 0.29) is 11.9 Å². The number of rotatable bonds is 3. The van der Waals surface area contributed by atoms with Gasteiger partial charge in [-0.25, -0.2) is 9.97 Å². The Morgan fingerprint density at radius 1 is 1.33 bits per heavy atom. The molecular formula is C16H15BrN6O. The standard InChI is InChI=1S/C16H15BrN6O/c1-22-8-11(7-20-22)23-5-4-14(16(23)24)21-15-12-6-10(17)2-3-13(12)18-9-19-15/h2-3,6-9,14H,4-5H2,1H3,(H,18,19,21). The number of aromatic nitrogens is 4. The first-order valence-electron chi connectivity index (χ1n) is 7.58. The van der Waals surface area contributed by atoms with Crippen molar-refractivity contribution < 1.29 is 4.79 Å². The van der Waals surface area contributed by atoms with Gasteiger partial charge >= 0.3 is 0 Å². The lowest BCUT2D eigenvalue weighted by Crippen LogP contribution is -2.33. The van der Waals surface area contributed by atoms with Crippen molar-refractivity contribution in [1.29, 1.82) is 0 Å². The van der Waals surface area contributed by atoms with Crippen molar-refractivity contribution in [3.05, 3.63) is 41.4 Å². The number of hydrogen-bond donors (Lipinski definition) is 1. The summed E-state index contributed by atoms with van der Waals surface area (Å²) < 4.78 is 2.64. The largest absolute Gasteiger partial charge is 0.358 e. The molecule has 0 bridgehead atoms. The SMILES string of the molecule is Cn1cc(N2CCC(Nc3ncnc4ccc(Br)cc34)C2=O)cn1. The minimum atomic E-state index is -0.303. The van der Waals surface area contributed by atoms with Crippen molar-refractivity contribution in [3.63, 3.8) is 0 Å². The lowest BCUT2D eigenvalue weighted by molar-refractivity contribution is -0.117. The van der Waals surface area contributed by atoms with Gasteiger partial charge in [0, 0.05) is 29.6 Å². The molecule has 0 saturated carbocycles. The summed E-state index contributed by atoms with van der Waals surface area (Å²) in [5.41, 5.74) is 1.66. The van der Waals surface area contributed by atoms with Gasteiger partial charge in [-0.15, -0.1) is 0 Å². The highest BCUT2D eigenvalue weighted by Gasteiger charge is 2.33. The Bertz CT molecular complexity index is 924. The maximum Gasteiger partial charge on any atom is 0.249 e. The first-order chi connectivity index (χ1) is 11.6. The van der Waals surface area contributed by atoms with Crippen molar-refractivity contribution in [2.75, 3.05) is 16.8 Å². The van der Waals surface area contributed by atoms with E-state index in [0.717, 1.165) is 21.1 Å². The molecule has 0 spiro atoms. The van der Waals surface area contributed by atoms with Crippen molar-refractivity contribution in [2.24, 2.45) is 7.05 Å². The molecule has 1 aliphatic rings. The lowest BCUT2D eigenvalue weighted by atomic mass is 10.2. The predicted molar refractivity (Wildman–Crippen MR) is 94.8 cm³/mol. The van der Waals surface area contributed by atoms with Crippen LogP contribution in [0.4, 0.5) is 11.5 Å². The van der Waals surface area contributed by atoms with E-state index in [0.29, 0.717) is 18.8 Å². The average molecular weight is 387 g/mol. The lowest BCUT2D eigenvalue weighted by Gasteiger charge is -2.16. The summed E-state index contributed by atoms with van der Waals surface area (Å²) in [7, 11) is 1.84. The summed E-state index contributed by atoms with van der Waals surface area (Å²) in [4.78, 5) is 23.0. The van der Waals surface area contributed by atoms with E-state index >= 15 is 0 Å². The molecule has 1 unspecified atom stereocenters. The number of carbonyl (C=O) groups is 1. The van der Waals surface area contributed by atoms with E-state index < -0.39 is 0 Å². The summed E-state index contributed by atoms with van der Waals surface area (Å²) in [5.74, 6) is 0.706. The zero-order valence-corrected chi connectivity index (χ0v) is 14.6. The molecule has 1 saturated heterocycles. The van der Waals surface area contributed by atoms with Crippen LogP contribution in [-0.2, 0) is 11.8 Å². The summed E-state index contributed by atoms with van der Waals surface area (Å²) in [6.07, 6.45) is 5.78. The monoisotopic (exact) mass is 386 g/mol. The molecular weight excluding hydrogens is 372 g/mol. The van der Waals surface area contributed by atoms with Gasteiger partial charge in [0.05, 0.1) is 17.4 Å².